The van der Waals surface area contributed by atoms with Crippen molar-refractivity contribution in [1.82, 2.24) is 10.2 Å². The van der Waals surface area contributed by atoms with E-state index >= 15 is 0 Å². The molecule has 0 atom stereocenters. The molecule has 0 radical (unpaired) electrons. The van der Waals surface area contributed by atoms with Crippen molar-refractivity contribution < 1.29 is 4.74 Å². The number of likely N-dealkylation sites (N-methyl/N-ethyl adjacent to an activating group) is 1. The molecule has 0 spiro atoms. The maximum Gasteiger partial charge on any atom is 0.125 e. The van der Waals surface area contributed by atoms with Gasteiger partial charge in [-0.25, -0.2) is 0 Å². The molecule has 4 heteroatoms. The topological polar surface area (TPSA) is 48.4 Å². The summed E-state index contributed by atoms with van der Waals surface area (Å²) in [4.78, 5) is 2.32. The molecule has 0 fully saturated rings. The smallest absolute Gasteiger partial charge is 0.125 e. The molecule has 0 heterocycles. The van der Waals surface area contributed by atoms with Crippen molar-refractivity contribution in [1.29, 1.82) is 5.41 Å². The van der Waals surface area contributed by atoms with Gasteiger partial charge in [-0.1, -0.05) is 26.7 Å². The van der Waals surface area contributed by atoms with Crippen LogP contribution in [0, 0.1) is 5.41 Å². The number of unbranched alkanes of at least 4 members (excludes halogenated alkanes) is 2. The number of nitrogens with zero attached hydrogens (tertiary/aromatic N) is 1. The van der Waals surface area contributed by atoms with Gasteiger partial charge in [-0.05, 0) is 50.7 Å². The number of benzene rings is 1. The largest absolute Gasteiger partial charge is 0.494 e. The van der Waals surface area contributed by atoms with Gasteiger partial charge < -0.3 is 15.0 Å². The van der Waals surface area contributed by atoms with E-state index in [1.807, 2.05) is 24.3 Å². The van der Waals surface area contributed by atoms with Crippen LogP contribution in [0.4, 0.5) is 0 Å². The van der Waals surface area contributed by atoms with Gasteiger partial charge in [0, 0.05) is 18.7 Å². The van der Waals surface area contributed by atoms with Crippen LogP contribution in [-0.2, 0) is 0 Å². The van der Waals surface area contributed by atoms with Gasteiger partial charge in [0.1, 0.15) is 11.6 Å². The zero-order valence-electron chi connectivity index (χ0n) is 14.3. The molecule has 22 heavy (non-hydrogen) atoms. The van der Waals surface area contributed by atoms with Gasteiger partial charge >= 0.3 is 0 Å². The predicted molar refractivity (Wildman–Crippen MR) is 94.1 cm³/mol. The van der Waals surface area contributed by atoms with Crippen LogP contribution in [0.5, 0.6) is 5.75 Å². The summed E-state index contributed by atoms with van der Waals surface area (Å²) in [6.45, 7) is 7.94. The van der Waals surface area contributed by atoms with Crippen molar-refractivity contribution in [3.8, 4) is 5.75 Å². The fourth-order valence-corrected chi connectivity index (χ4v) is 2.16. The number of nitrogens with one attached hydrogen (secondary N) is 2. The molecule has 0 aliphatic carbocycles. The third-order valence-corrected chi connectivity index (χ3v) is 3.55. The summed E-state index contributed by atoms with van der Waals surface area (Å²) in [6, 6.07) is 7.73. The summed E-state index contributed by atoms with van der Waals surface area (Å²) < 4.78 is 5.55. The van der Waals surface area contributed by atoms with Crippen molar-refractivity contribution in [2.45, 2.75) is 39.5 Å². The van der Waals surface area contributed by atoms with Crippen LogP contribution in [0.25, 0.3) is 0 Å². The minimum atomic E-state index is 0.476. The molecule has 2 N–H and O–H groups in total. The van der Waals surface area contributed by atoms with E-state index in [0.717, 1.165) is 44.0 Å². The maximum absolute atomic E-state index is 8.08. The lowest BCUT2D eigenvalue weighted by molar-refractivity contribution is 0.317. The molecule has 0 saturated carbocycles. The van der Waals surface area contributed by atoms with Gasteiger partial charge in [-0.3, -0.25) is 5.41 Å². The van der Waals surface area contributed by atoms with E-state index in [1.165, 1.54) is 19.3 Å². The molecule has 1 rings (SSSR count). The van der Waals surface area contributed by atoms with Gasteiger partial charge in [0.2, 0.25) is 0 Å². The molecular weight excluding hydrogens is 274 g/mol. The normalized spacial score (nSPS) is 10.7. The van der Waals surface area contributed by atoms with Gasteiger partial charge in [0.05, 0.1) is 6.61 Å². The van der Waals surface area contributed by atoms with Crippen molar-refractivity contribution in [2.24, 2.45) is 0 Å². The standard InChI is InChI=1S/C18H31N3O/c1-4-6-7-13-21(3)14-12-20-18(19)16-8-10-17(11-9-16)22-15-5-2/h8-11H,4-7,12-15H2,1-3H3,(H2,19,20). The van der Waals surface area contributed by atoms with Crippen LogP contribution in [0.2, 0.25) is 0 Å². The lowest BCUT2D eigenvalue weighted by atomic mass is 10.2. The third-order valence-electron chi connectivity index (χ3n) is 3.55. The van der Waals surface area contributed by atoms with E-state index in [4.69, 9.17) is 10.1 Å². The molecule has 0 saturated heterocycles. The first kappa shape index (κ1) is 18.5. The molecule has 0 aliphatic heterocycles. The van der Waals surface area contributed by atoms with Crippen LogP contribution >= 0.6 is 0 Å². The minimum Gasteiger partial charge on any atom is -0.494 e. The Morgan fingerprint density at radius 3 is 2.45 bits per heavy atom. The molecule has 0 aromatic heterocycles. The Kier molecular flexibility index (Phi) is 9.31. The van der Waals surface area contributed by atoms with Crippen LogP contribution in [-0.4, -0.2) is 44.0 Å². The first-order chi connectivity index (χ1) is 10.7. The molecule has 4 nitrogen and oxygen atoms in total. The van der Waals surface area contributed by atoms with Crippen LogP contribution in [0.3, 0.4) is 0 Å². The molecule has 1 aromatic carbocycles. The second-order valence-corrected chi connectivity index (χ2v) is 5.68. The SMILES string of the molecule is CCCCCN(C)CCNC(=N)c1ccc(OCCC)cc1. The first-order valence-electron chi connectivity index (χ1n) is 8.41. The predicted octanol–water partition coefficient (Wildman–Crippen LogP) is 3.51. The van der Waals surface area contributed by atoms with Crippen LogP contribution < -0.4 is 10.1 Å². The van der Waals surface area contributed by atoms with Gasteiger partial charge in [0.25, 0.3) is 0 Å². The summed E-state index contributed by atoms with van der Waals surface area (Å²) in [7, 11) is 2.14. The number of hydrogen-bond donors (Lipinski definition) is 2. The van der Waals surface area contributed by atoms with E-state index in [-0.39, 0.29) is 0 Å². The average Bonchev–Trinajstić information content (AvgIpc) is 2.53. The Hall–Kier alpha value is -1.55. The van der Waals surface area contributed by atoms with Gasteiger partial charge in [-0.2, -0.15) is 0 Å². The van der Waals surface area contributed by atoms with Crippen LogP contribution in [0.15, 0.2) is 24.3 Å². The van der Waals surface area contributed by atoms with E-state index in [9.17, 15) is 0 Å². The summed E-state index contributed by atoms with van der Waals surface area (Å²) in [6.07, 6.45) is 4.81. The monoisotopic (exact) mass is 305 g/mol. The molecule has 0 aliphatic rings. The Bertz CT molecular complexity index is 417. The minimum absolute atomic E-state index is 0.476. The lowest BCUT2D eigenvalue weighted by Crippen LogP contribution is -2.33. The first-order valence-corrected chi connectivity index (χ1v) is 8.41. The average molecular weight is 305 g/mol. The highest BCUT2D eigenvalue weighted by Crippen LogP contribution is 2.12. The highest BCUT2D eigenvalue weighted by Gasteiger charge is 2.03. The molecule has 0 amide bonds. The Labute approximate surface area is 135 Å². The van der Waals surface area contributed by atoms with Crippen molar-refractivity contribution in [3.05, 3.63) is 29.8 Å². The second-order valence-electron chi connectivity index (χ2n) is 5.68. The fraction of sp³-hybridized carbons (Fsp3) is 0.611. The molecule has 1 aromatic rings. The van der Waals surface area contributed by atoms with E-state index in [2.05, 4.69) is 31.1 Å². The fourth-order valence-electron chi connectivity index (χ4n) is 2.16. The van der Waals surface area contributed by atoms with Crippen LogP contribution in [0.1, 0.15) is 45.1 Å². The summed E-state index contributed by atoms with van der Waals surface area (Å²) >= 11 is 0. The van der Waals surface area contributed by atoms with Gasteiger partial charge in [-0.15, -0.1) is 0 Å². The zero-order chi connectivity index (χ0) is 16.2. The van der Waals surface area contributed by atoms with Crippen molar-refractivity contribution in [2.75, 3.05) is 33.3 Å². The lowest BCUT2D eigenvalue weighted by Gasteiger charge is -2.17. The van der Waals surface area contributed by atoms with Gasteiger partial charge in [0.15, 0.2) is 0 Å². The molecule has 0 unspecified atom stereocenters. The Morgan fingerprint density at radius 2 is 1.82 bits per heavy atom. The second kappa shape index (κ2) is 11.1. The van der Waals surface area contributed by atoms with Crippen molar-refractivity contribution >= 4 is 5.84 Å². The summed E-state index contributed by atoms with van der Waals surface area (Å²) in [5.74, 6) is 1.35. The highest BCUT2D eigenvalue weighted by molar-refractivity contribution is 5.96. The number of hydrogen-bond acceptors (Lipinski definition) is 3. The van der Waals surface area contributed by atoms with Crippen molar-refractivity contribution in [3.63, 3.8) is 0 Å². The molecular formula is C18H31N3O. The van der Waals surface area contributed by atoms with E-state index < -0.39 is 0 Å². The van der Waals surface area contributed by atoms with E-state index in [0.29, 0.717) is 5.84 Å². The highest BCUT2D eigenvalue weighted by atomic mass is 16.5. The van der Waals surface area contributed by atoms with E-state index in [1.54, 1.807) is 0 Å². The zero-order valence-corrected chi connectivity index (χ0v) is 14.3. The maximum atomic E-state index is 8.08. The quantitative estimate of drug-likeness (QED) is 0.374. The summed E-state index contributed by atoms with van der Waals surface area (Å²) in [5, 5.41) is 11.3. The molecule has 124 valence electrons. The Balaban J connectivity index is 2.27. The number of rotatable bonds is 11. The third kappa shape index (κ3) is 7.46. The molecule has 0 bridgehead atoms. The Morgan fingerprint density at radius 1 is 1.09 bits per heavy atom. The summed E-state index contributed by atoms with van der Waals surface area (Å²) in [5.41, 5.74) is 0.900. The number of ether oxygens (including phenoxy) is 1. The number of amidine groups is 1.